The maximum absolute atomic E-state index is 12.6. The van der Waals surface area contributed by atoms with Crippen molar-refractivity contribution in [2.45, 2.75) is 32.9 Å². The smallest absolute Gasteiger partial charge is 0.272 e. The van der Waals surface area contributed by atoms with E-state index in [4.69, 9.17) is 4.74 Å². The molecular weight excluding hydrogens is 390 g/mol. The van der Waals surface area contributed by atoms with Crippen LogP contribution in [0.1, 0.15) is 24.7 Å². The van der Waals surface area contributed by atoms with Crippen molar-refractivity contribution in [3.05, 3.63) is 57.5 Å². The summed E-state index contributed by atoms with van der Waals surface area (Å²) in [6, 6.07) is 9.47. The minimum Gasteiger partial charge on any atom is -0.496 e. The molecule has 9 heteroatoms. The number of carbonyl (C=O) groups excluding carboxylic acids is 1. The lowest BCUT2D eigenvalue weighted by molar-refractivity contribution is -0.121. The number of benzene rings is 1. The second-order valence-electron chi connectivity index (χ2n) is 6.52. The monoisotopic (exact) mass is 411 g/mol. The molecule has 0 radical (unpaired) electrons. The van der Waals surface area contributed by atoms with Crippen LogP contribution in [0.2, 0.25) is 0 Å². The first kappa shape index (κ1) is 19.1. The molecular formula is C20H21N5O3S. The zero-order valence-electron chi connectivity index (χ0n) is 16.2. The van der Waals surface area contributed by atoms with E-state index in [-0.39, 0.29) is 17.9 Å². The highest BCUT2D eigenvalue weighted by Crippen LogP contribution is 2.20. The molecule has 0 saturated carbocycles. The first-order chi connectivity index (χ1) is 14.1. The van der Waals surface area contributed by atoms with Crippen molar-refractivity contribution in [3.63, 3.8) is 0 Å². The number of nitrogens with zero attached hydrogens (tertiary/aromatic N) is 4. The summed E-state index contributed by atoms with van der Waals surface area (Å²) in [5.74, 6) is 1.83. The first-order valence-electron chi connectivity index (χ1n) is 9.36. The van der Waals surface area contributed by atoms with E-state index in [2.05, 4.69) is 15.5 Å². The third kappa shape index (κ3) is 3.49. The number of carbonyl (C=O) groups is 1. The summed E-state index contributed by atoms with van der Waals surface area (Å²) in [6.07, 6.45) is 0.693. The predicted octanol–water partition coefficient (Wildman–Crippen LogP) is 2.38. The van der Waals surface area contributed by atoms with Gasteiger partial charge in [0.25, 0.3) is 5.56 Å². The Kier molecular flexibility index (Phi) is 5.30. The zero-order chi connectivity index (χ0) is 20.4. The average Bonchev–Trinajstić information content (AvgIpc) is 3.38. The highest BCUT2D eigenvalue weighted by Gasteiger charge is 2.17. The maximum atomic E-state index is 12.6. The number of hydrogen-bond acceptors (Lipinski definition) is 6. The van der Waals surface area contributed by atoms with E-state index in [1.165, 1.54) is 11.3 Å². The fourth-order valence-electron chi connectivity index (χ4n) is 3.38. The van der Waals surface area contributed by atoms with E-state index in [1.807, 2.05) is 47.0 Å². The van der Waals surface area contributed by atoms with Crippen LogP contribution in [0, 0.1) is 0 Å². The van der Waals surface area contributed by atoms with E-state index in [0.717, 1.165) is 16.8 Å². The Balaban J connectivity index is 1.52. The van der Waals surface area contributed by atoms with Crippen molar-refractivity contribution < 1.29 is 9.53 Å². The van der Waals surface area contributed by atoms with Crippen molar-refractivity contribution in [2.75, 3.05) is 7.11 Å². The van der Waals surface area contributed by atoms with E-state index < -0.39 is 0 Å². The SMILES string of the molecule is CCn1c(=O)c2sccc2n2c(CCC(=O)NCc3ccccc3OC)nnc12. The molecule has 3 aromatic heterocycles. The van der Waals surface area contributed by atoms with Gasteiger partial charge in [-0.1, -0.05) is 18.2 Å². The van der Waals surface area contributed by atoms with Gasteiger partial charge >= 0.3 is 0 Å². The van der Waals surface area contributed by atoms with Crippen LogP contribution in [0.15, 0.2) is 40.5 Å². The van der Waals surface area contributed by atoms with Crippen LogP contribution in [0.25, 0.3) is 16.0 Å². The lowest BCUT2D eigenvalue weighted by Gasteiger charge is -2.09. The Morgan fingerprint density at radius 1 is 1.24 bits per heavy atom. The maximum Gasteiger partial charge on any atom is 0.272 e. The van der Waals surface area contributed by atoms with Gasteiger partial charge in [0.2, 0.25) is 11.7 Å². The Labute approximate surface area is 170 Å². The number of thiophene rings is 1. The zero-order valence-corrected chi connectivity index (χ0v) is 17.0. The Hall–Kier alpha value is -3.20. The van der Waals surface area contributed by atoms with Crippen molar-refractivity contribution in [2.24, 2.45) is 0 Å². The Bertz CT molecular complexity index is 1240. The summed E-state index contributed by atoms with van der Waals surface area (Å²) in [7, 11) is 1.61. The van der Waals surface area contributed by atoms with Gasteiger partial charge < -0.3 is 10.1 Å². The Morgan fingerprint density at radius 2 is 2.07 bits per heavy atom. The van der Waals surface area contributed by atoms with E-state index in [9.17, 15) is 9.59 Å². The molecule has 0 atom stereocenters. The van der Waals surface area contributed by atoms with Crippen LogP contribution in [-0.4, -0.2) is 32.2 Å². The van der Waals surface area contributed by atoms with Gasteiger partial charge in [-0.2, -0.15) is 0 Å². The van der Waals surface area contributed by atoms with Crippen LogP contribution >= 0.6 is 11.3 Å². The summed E-state index contributed by atoms with van der Waals surface area (Å²) in [6.45, 7) is 2.81. The minimum atomic E-state index is -0.0852. The molecule has 1 N–H and O–H groups in total. The molecule has 0 aliphatic carbocycles. The lowest BCUT2D eigenvalue weighted by atomic mass is 10.2. The normalized spacial score (nSPS) is 11.2. The van der Waals surface area contributed by atoms with Crippen molar-refractivity contribution in [1.29, 1.82) is 0 Å². The number of ether oxygens (including phenoxy) is 1. The largest absolute Gasteiger partial charge is 0.496 e. The van der Waals surface area contributed by atoms with E-state index >= 15 is 0 Å². The summed E-state index contributed by atoms with van der Waals surface area (Å²) in [5.41, 5.74) is 1.65. The van der Waals surface area contributed by atoms with Crippen LogP contribution in [0.3, 0.4) is 0 Å². The van der Waals surface area contributed by atoms with Gasteiger partial charge in [0, 0.05) is 31.5 Å². The average molecular weight is 411 g/mol. The summed E-state index contributed by atoms with van der Waals surface area (Å²) < 4.78 is 9.46. The minimum absolute atomic E-state index is 0.0569. The van der Waals surface area contributed by atoms with Gasteiger partial charge in [-0.15, -0.1) is 21.5 Å². The third-order valence-electron chi connectivity index (χ3n) is 4.84. The van der Waals surface area contributed by atoms with Gasteiger partial charge in [0.1, 0.15) is 16.3 Å². The molecule has 4 rings (SSSR count). The molecule has 0 aliphatic rings. The number of methoxy groups -OCH3 is 1. The predicted molar refractivity (Wildman–Crippen MR) is 111 cm³/mol. The van der Waals surface area contributed by atoms with Gasteiger partial charge in [0.15, 0.2) is 0 Å². The number of para-hydroxylation sites is 1. The molecule has 0 bridgehead atoms. The first-order valence-corrected chi connectivity index (χ1v) is 10.2. The quantitative estimate of drug-likeness (QED) is 0.504. The number of fused-ring (bicyclic) bond motifs is 3. The van der Waals surface area contributed by atoms with Crippen LogP contribution in [0.4, 0.5) is 0 Å². The fraction of sp³-hybridized carbons (Fsp3) is 0.300. The van der Waals surface area contributed by atoms with Crippen LogP contribution in [-0.2, 0) is 24.3 Å². The molecule has 0 spiro atoms. The van der Waals surface area contributed by atoms with Crippen molar-refractivity contribution in [1.82, 2.24) is 24.5 Å². The molecule has 1 aromatic carbocycles. The topological polar surface area (TPSA) is 90.5 Å². The summed E-state index contributed by atoms with van der Waals surface area (Å²) in [4.78, 5) is 25.0. The van der Waals surface area contributed by atoms with Gasteiger partial charge in [0.05, 0.1) is 12.6 Å². The molecule has 0 fully saturated rings. The van der Waals surface area contributed by atoms with Crippen LogP contribution in [0.5, 0.6) is 5.75 Å². The van der Waals surface area contributed by atoms with Gasteiger partial charge in [-0.3, -0.25) is 18.6 Å². The number of hydrogen-bond donors (Lipinski definition) is 1. The molecule has 4 aromatic rings. The molecule has 3 heterocycles. The number of nitrogens with one attached hydrogen (secondary N) is 1. The van der Waals surface area contributed by atoms with Crippen LogP contribution < -0.4 is 15.6 Å². The summed E-state index contributed by atoms with van der Waals surface area (Å²) >= 11 is 1.40. The Morgan fingerprint density at radius 3 is 2.86 bits per heavy atom. The highest BCUT2D eigenvalue weighted by atomic mass is 32.1. The fourth-order valence-corrected chi connectivity index (χ4v) is 4.21. The standard InChI is InChI=1S/C20H21N5O3S/c1-3-24-19(27)18-14(10-11-29-18)25-16(22-23-20(24)25)8-9-17(26)21-12-13-6-4-5-7-15(13)28-2/h4-7,10-11H,3,8-9,12H2,1-2H3,(H,21,26). The molecule has 150 valence electrons. The molecule has 1 amide bonds. The van der Waals surface area contributed by atoms with Crippen molar-refractivity contribution >= 4 is 33.2 Å². The number of amides is 1. The highest BCUT2D eigenvalue weighted by molar-refractivity contribution is 7.17. The van der Waals surface area contributed by atoms with E-state index in [0.29, 0.717) is 35.8 Å². The van der Waals surface area contributed by atoms with Gasteiger partial charge in [-0.25, -0.2) is 0 Å². The summed E-state index contributed by atoms with van der Waals surface area (Å²) in [5, 5.41) is 13.3. The van der Waals surface area contributed by atoms with Crippen molar-refractivity contribution in [3.8, 4) is 5.75 Å². The number of rotatable bonds is 7. The molecule has 0 saturated heterocycles. The molecule has 0 aliphatic heterocycles. The number of aryl methyl sites for hydroxylation is 2. The molecule has 29 heavy (non-hydrogen) atoms. The van der Waals surface area contributed by atoms with Gasteiger partial charge in [-0.05, 0) is 24.4 Å². The van der Waals surface area contributed by atoms with E-state index in [1.54, 1.807) is 11.7 Å². The second kappa shape index (κ2) is 8.04. The molecule has 8 nitrogen and oxygen atoms in total. The lowest BCUT2D eigenvalue weighted by Crippen LogP contribution is -2.24. The third-order valence-corrected chi connectivity index (χ3v) is 5.73. The molecule has 0 unspecified atom stereocenters. The number of aromatic nitrogens is 4. The second-order valence-corrected chi connectivity index (χ2v) is 7.44.